The predicted octanol–water partition coefficient (Wildman–Crippen LogP) is 2.18. The molecule has 0 saturated heterocycles. The number of alkyl halides is 1. The van der Waals surface area contributed by atoms with Crippen LogP contribution in [0.25, 0.3) is 0 Å². The molecule has 15 heavy (non-hydrogen) atoms. The highest BCUT2D eigenvalue weighted by molar-refractivity contribution is 9.09. The first-order valence-corrected chi connectivity index (χ1v) is 5.73. The second kappa shape index (κ2) is 6.45. The van der Waals surface area contributed by atoms with E-state index in [4.69, 9.17) is 9.47 Å². The Balaban J connectivity index is 2.34. The largest absolute Gasteiger partial charge is 0.497 e. The lowest BCUT2D eigenvalue weighted by Crippen LogP contribution is -2.08. The maximum absolute atomic E-state index is 10.8. The minimum absolute atomic E-state index is 0.233. The van der Waals surface area contributed by atoms with Crippen LogP contribution in [0.5, 0.6) is 5.75 Å². The molecule has 0 amide bonds. The van der Waals surface area contributed by atoms with E-state index in [2.05, 4.69) is 15.9 Å². The third-order valence-corrected chi connectivity index (χ3v) is 2.38. The number of carbonyl (C=O) groups excluding carboxylic acids is 1. The van der Waals surface area contributed by atoms with Crippen molar-refractivity contribution in [1.82, 2.24) is 0 Å². The number of hydrogen-bond acceptors (Lipinski definition) is 3. The molecule has 0 unspecified atom stereocenters. The molecule has 1 aromatic rings. The molecule has 0 atom stereocenters. The molecule has 0 saturated carbocycles. The fourth-order valence-electron chi connectivity index (χ4n) is 1.11. The maximum atomic E-state index is 10.8. The summed E-state index contributed by atoms with van der Waals surface area (Å²) in [6.07, 6.45) is 0.725. The lowest BCUT2D eigenvalue weighted by Gasteiger charge is -2.04. The maximum Gasteiger partial charge on any atom is 0.316 e. The molecular weight excluding hydrogens is 260 g/mol. The number of rotatable bonds is 5. The zero-order valence-corrected chi connectivity index (χ0v) is 10.1. The first-order valence-electron chi connectivity index (χ1n) is 4.61. The van der Waals surface area contributed by atoms with E-state index in [9.17, 15) is 4.79 Å². The minimum Gasteiger partial charge on any atom is -0.497 e. The molecule has 0 radical (unpaired) electrons. The molecule has 0 aliphatic rings. The van der Waals surface area contributed by atoms with E-state index in [0.29, 0.717) is 6.61 Å². The average Bonchev–Trinajstić information content (AvgIpc) is 2.29. The molecule has 82 valence electrons. The molecule has 0 N–H and O–H groups in total. The van der Waals surface area contributed by atoms with E-state index >= 15 is 0 Å². The Bertz CT molecular complexity index is 308. The summed E-state index contributed by atoms with van der Waals surface area (Å²) >= 11 is 3.03. The van der Waals surface area contributed by atoms with Gasteiger partial charge in [0.05, 0.1) is 13.7 Å². The van der Waals surface area contributed by atoms with Gasteiger partial charge < -0.3 is 9.47 Å². The summed E-state index contributed by atoms with van der Waals surface area (Å²) in [6, 6.07) is 7.70. The van der Waals surface area contributed by atoms with Crippen molar-refractivity contribution in [3.8, 4) is 5.75 Å². The highest BCUT2D eigenvalue weighted by Crippen LogP contribution is 2.11. The van der Waals surface area contributed by atoms with Gasteiger partial charge in [-0.2, -0.15) is 0 Å². The smallest absolute Gasteiger partial charge is 0.316 e. The van der Waals surface area contributed by atoms with Crippen LogP contribution < -0.4 is 4.74 Å². The highest BCUT2D eigenvalue weighted by Gasteiger charge is 1.99. The van der Waals surface area contributed by atoms with Crippen molar-refractivity contribution in [2.75, 3.05) is 19.0 Å². The molecule has 1 rings (SSSR count). The number of carbonyl (C=O) groups is 1. The fourth-order valence-corrected chi connectivity index (χ4v) is 1.28. The summed E-state index contributed by atoms with van der Waals surface area (Å²) in [5.41, 5.74) is 1.12. The lowest BCUT2D eigenvalue weighted by molar-refractivity contribution is -0.140. The van der Waals surface area contributed by atoms with Crippen molar-refractivity contribution in [2.45, 2.75) is 6.42 Å². The van der Waals surface area contributed by atoms with E-state index in [0.717, 1.165) is 17.7 Å². The van der Waals surface area contributed by atoms with Crippen LogP contribution in [0.2, 0.25) is 0 Å². The molecule has 0 aliphatic carbocycles. The molecule has 0 fully saturated rings. The van der Waals surface area contributed by atoms with Gasteiger partial charge in [0, 0.05) is 6.42 Å². The summed E-state index contributed by atoms with van der Waals surface area (Å²) in [5.74, 6) is 0.597. The number of esters is 1. The SMILES string of the molecule is COc1ccc(CCOC(=O)CBr)cc1. The van der Waals surface area contributed by atoms with Gasteiger partial charge in [-0.15, -0.1) is 0 Å². The number of methoxy groups -OCH3 is 1. The topological polar surface area (TPSA) is 35.5 Å². The second-order valence-electron chi connectivity index (χ2n) is 2.95. The number of hydrogen-bond donors (Lipinski definition) is 0. The first-order chi connectivity index (χ1) is 7.26. The first kappa shape index (κ1) is 12.0. The van der Waals surface area contributed by atoms with E-state index in [1.807, 2.05) is 24.3 Å². The highest BCUT2D eigenvalue weighted by atomic mass is 79.9. The van der Waals surface area contributed by atoms with Crippen LogP contribution in [0, 0.1) is 0 Å². The van der Waals surface area contributed by atoms with Crippen molar-refractivity contribution in [3.63, 3.8) is 0 Å². The van der Waals surface area contributed by atoms with Crippen molar-refractivity contribution < 1.29 is 14.3 Å². The number of benzene rings is 1. The Morgan fingerprint density at radius 3 is 2.53 bits per heavy atom. The standard InChI is InChI=1S/C11H13BrO3/c1-14-10-4-2-9(3-5-10)6-7-15-11(13)8-12/h2-5H,6-8H2,1H3. The zero-order valence-electron chi connectivity index (χ0n) is 8.53. The monoisotopic (exact) mass is 272 g/mol. The Morgan fingerprint density at radius 1 is 1.33 bits per heavy atom. The lowest BCUT2D eigenvalue weighted by atomic mass is 10.1. The fraction of sp³-hybridized carbons (Fsp3) is 0.364. The summed E-state index contributed by atoms with van der Waals surface area (Å²) in [7, 11) is 1.63. The molecule has 0 bridgehead atoms. The Labute approximate surface area is 97.5 Å². The van der Waals surface area contributed by atoms with Crippen LogP contribution in [-0.4, -0.2) is 25.0 Å². The van der Waals surface area contributed by atoms with Gasteiger partial charge in [0.1, 0.15) is 11.1 Å². The van der Waals surface area contributed by atoms with Gasteiger partial charge in [0.15, 0.2) is 0 Å². The minimum atomic E-state index is -0.233. The van der Waals surface area contributed by atoms with Gasteiger partial charge in [0.25, 0.3) is 0 Å². The Morgan fingerprint density at radius 2 is 2.00 bits per heavy atom. The Hall–Kier alpha value is -1.03. The van der Waals surface area contributed by atoms with Gasteiger partial charge in [-0.25, -0.2) is 0 Å². The third-order valence-electron chi connectivity index (χ3n) is 1.92. The van der Waals surface area contributed by atoms with E-state index in [1.165, 1.54) is 0 Å². The molecule has 0 aliphatic heterocycles. The molecular formula is C11H13BrO3. The zero-order chi connectivity index (χ0) is 11.1. The van der Waals surface area contributed by atoms with Crippen LogP contribution in [0.1, 0.15) is 5.56 Å². The third kappa shape index (κ3) is 4.34. The predicted molar refractivity (Wildman–Crippen MR) is 61.5 cm³/mol. The molecule has 0 aromatic heterocycles. The van der Waals surface area contributed by atoms with Gasteiger partial charge in [-0.1, -0.05) is 28.1 Å². The van der Waals surface area contributed by atoms with Gasteiger partial charge in [-0.05, 0) is 17.7 Å². The van der Waals surface area contributed by atoms with Crippen molar-refractivity contribution >= 4 is 21.9 Å². The van der Waals surface area contributed by atoms with Crippen LogP contribution in [0.15, 0.2) is 24.3 Å². The normalized spacial score (nSPS) is 9.73. The van der Waals surface area contributed by atoms with E-state index < -0.39 is 0 Å². The number of ether oxygens (including phenoxy) is 2. The van der Waals surface area contributed by atoms with E-state index in [-0.39, 0.29) is 11.3 Å². The van der Waals surface area contributed by atoms with Crippen LogP contribution in [-0.2, 0) is 16.0 Å². The average molecular weight is 273 g/mol. The quantitative estimate of drug-likeness (QED) is 0.609. The van der Waals surface area contributed by atoms with Gasteiger partial charge in [-0.3, -0.25) is 4.79 Å². The van der Waals surface area contributed by atoms with Crippen molar-refractivity contribution in [3.05, 3.63) is 29.8 Å². The van der Waals surface area contributed by atoms with Crippen molar-refractivity contribution in [2.24, 2.45) is 0 Å². The molecule has 4 heteroatoms. The second-order valence-corrected chi connectivity index (χ2v) is 3.51. The van der Waals surface area contributed by atoms with E-state index in [1.54, 1.807) is 7.11 Å². The van der Waals surface area contributed by atoms with Crippen LogP contribution in [0.3, 0.4) is 0 Å². The Kier molecular flexibility index (Phi) is 5.18. The molecule has 3 nitrogen and oxygen atoms in total. The van der Waals surface area contributed by atoms with Crippen LogP contribution in [0.4, 0.5) is 0 Å². The number of halogens is 1. The summed E-state index contributed by atoms with van der Waals surface area (Å²) in [5, 5.41) is 0.246. The summed E-state index contributed by atoms with van der Waals surface area (Å²) in [6.45, 7) is 0.413. The van der Waals surface area contributed by atoms with Crippen LogP contribution >= 0.6 is 15.9 Å². The molecule has 0 spiro atoms. The molecule has 1 aromatic carbocycles. The molecule has 0 heterocycles. The van der Waals surface area contributed by atoms with Gasteiger partial charge >= 0.3 is 5.97 Å². The summed E-state index contributed by atoms with van der Waals surface area (Å²) < 4.78 is 9.97. The summed E-state index contributed by atoms with van der Waals surface area (Å²) in [4.78, 5) is 10.8. The van der Waals surface area contributed by atoms with Crippen molar-refractivity contribution in [1.29, 1.82) is 0 Å². The van der Waals surface area contributed by atoms with Gasteiger partial charge in [0.2, 0.25) is 0 Å².